The minimum Gasteiger partial charge on any atom is -0.379 e. The molecule has 2 nitrogen and oxygen atoms in total. The Morgan fingerprint density at radius 1 is 0.724 bits per heavy atom. The molecular formula is C22H18F5NO. The summed E-state index contributed by atoms with van der Waals surface area (Å²) in [7, 11) is 0. The number of halogens is 5. The van der Waals surface area contributed by atoms with Crippen molar-refractivity contribution >= 4 is 0 Å². The van der Waals surface area contributed by atoms with E-state index in [1.165, 1.54) is 60.7 Å². The molecule has 0 saturated carbocycles. The van der Waals surface area contributed by atoms with Gasteiger partial charge in [-0.05, 0) is 47.0 Å². The van der Waals surface area contributed by atoms with Gasteiger partial charge < -0.3 is 10.4 Å². The largest absolute Gasteiger partial charge is 0.416 e. The molecule has 3 aromatic rings. The number of nitrogens with one attached hydrogen (secondary N) is 1. The molecule has 0 bridgehead atoms. The summed E-state index contributed by atoms with van der Waals surface area (Å²) in [4.78, 5) is 0. The molecule has 7 heteroatoms. The number of rotatable bonds is 6. The average molecular weight is 407 g/mol. The molecule has 0 aliphatic carbocycles. The molecule has 0 saturated heterocycles. The Morgan fingerprint density at radius 3 is 1.72 bits per heavy atom. The Bertz CT molecular complexity index is 907. The van der Waals surface area contributed by atoms with Crippen LogP contribution in [0, 0.1) is 11.6 Å². The molecule has 0 amide bonds. The Morgan fingerprint density at radius 2 is 1.24 bits per heavy atom. The summed E-state index contributed by atoms with van der Waals surface area (Å²) in [5.74, 6) is -0.959. The van der Waals surface area contributed by atoms with Crippen LogP contribution in [0.5, 0.6) is 0 Å². The zero-order valence-corrected chi connectivity index (χ0v) is 15.2. The van der Waals surface area contributed by atoms with E-state index in [4.69, 9.17) is 0 Å². The van der Waals surface area contributed by atoms with Crippen molar-refractivity contribution in [2.45, 2.75) is 18.3 Å². The SMILES string of the molecule is OC(CNCc1cccc(C(F)(F)F)c1)(c1ccc(F)cc1)c1ccc(F)cc1. The number of aliphatic hydroxyl groups is 1. The quantitative estimate of drug-likeness (QED) is 0.563. The van der Waals surface area contributed by atoms with E-state index in [-0.39, 0.29) is 13.1 Å². The Balaban J connectivity index is 1.83. The second-order valence-electron chi connectivity index (χ2n) is 6.68. The van der Waals surface area contributed by atoms with Crippen LogP contribution in [0.3, 0.4) is 0 Å². The smallest absolute Gasteiger partial charge is 0.379 e. The van der Waals surface area contributed by atoms with Gasteiger partial charge in [0.15, 0.2) is 0 Å². The van der Waals surface area contributed by atoms with Crippen LogP contribution in [0.15, 0.2) is 72.8 Å². The standard InChI is InChI=1S/C22H18F5NO/c23-19-8-4-16(5-9-19)21(29,17-6-10-20(24)11-7-17)14-28-13-15-2-1-3-18(12-15)22(25,26)27/h1-12,28-29H,13-14H2. The molecule has 0 aliphatic heterocycles. The lowest BCUT2D eigenvalue weighted by molar-refractivity contribution is -0.137. The fourth-order valence-corrected chi connectivity index (χ4v) is 3.07. The van der Waals surface area contributed by atoms with E-state index >= 15 is 0 Å². The highest BCUT2D eigenvalue weighted by Gasteiger charge is 2.32. The highest BCUT2D eigenvalue weighted by molar-refractivity contribution is 5.37. The second kappa shape index (κ2) is 8.31. The van der Waals surface area contributed by atoms with Crippen molar-refractivity contribution < 1.29 is 27.1 Å². The van der Waals surface area contributed by atoms with E-state index in [1.54, 1.807) is 0 Å². The topological polar surface area (TPSA) is 32.3 Å². The lowest BCUT2D eigenvalue weighted by Gasteiger charge is -2.30. The number of hydrogen-bond acceptors (Lipinski definition) is 2. The van der Waals surface area contributed by atoms with Gasteiger partial charge in [-0.1, -0.05) is 42.5 Å². The highest BCUT2D eigenvalue weighted by atomic mass is 19.4. The fraction of sp³-hybridized carbons (Fsp3) is 0.182. The van der Waals surface area contributed by atoms with E-state index in [1.807, 2.05) is 0 Å². The van der Waals surface area contributed by atoms with Crippen molar-refractivity contribution in [1.29, 1.82) is 0 Å². The van der Waals surface area contributed by atoms with Crippen LogP contribution in [0.2, 0.25) is 0 Å². The van der Waals surface area contributed by atoms with Crippen LogP contribution in [-0.4, -0.2) is 11.7 Å². The van der Waals surface area contributed by atoms with Gasteiger partial charge in [-0.3, -0.25) is 0 Å². The third kappa shape index (κ3) is 4.99. The monoisotopic (exact) mass is 407 g/mol. The minimum absolute atomic E-state index is 0.0641. The van der Waals surface area contributed by atoms with Crippen LogP contribution in [0.1, 0.15) is 22.3 Å². The van der Waals surface area contributed by atoms with E-state index in [9.17, 15) is 27.1 Å². The highest BCUT2D eigenvalue weighted by Crippen LogP contribution is 2.31. The summed E-state index contributed by atoms with van der Waals surface area (Å²) in [6.45, 7) is -0.0187. The molecule has 29 heavy (non-hydrogen) atoms. The van der Waals surface area contributed by atoms with Crippen LogP contribution < -0.4 is 5.32 Å². The molecular weight excluding hydrogens is 389 g/mol. The van der Waals surface area contributed by atoms with Gasteiger partial charge in [0.2, 0.25) is 0 Å². The van der Waals surface area contributed by atoms with Gasteiger partial charge in [-0.25, -0.2) is 8.78 Å². The van der Waals surface area contributed by atoms with Gasteiger partial charge in [0.1, 0.15) is 17.2 Å². The molecule has 0 heterocycles. The first kappa shape index (κ1) is 21.0. The summed E-state index contributed by atoms with van der Waals surface area (Å²) >= 11 is 0. The molecule has 2 N–H and O–H groups in total. The second-order valence-corrected chi connectivity index (χ2v) is 6.68. The number of benzene rings is 3. The van der Waals surface area contributed by atoms with E-state index in [0.29, 0.717) is 16.7 Å². The molecule has 3 aromatic carbocycles. The number of alkyl halides is 3. The third-order valence-corrected chi connectivity index (χ3v) is 4.61. The molecule has 152 valence electrons. The summed E-state index contributed by atoms with van der Waals surface area (Å²) in [6, 6.07) is 15.3. The first-order valence-electron chi connectivity index (χ1n) is 8.80. The van der Waals surface area contributed by atoms with E-state index in [0.717, 1.165) is 12.1 Å². The van der Waals surface area contributed by atoms with Gasteiger partial charge in [0.25, 0.3) is 0 Å². The van der Waals surface area contributed by atoms with Gasteiger partial charge >= 0.3 is 6.18 Å². The maximum Gasteiger partial charge on any atom is 0.416 e. The van der Waals surface area contributed by atoms with Crippen molar-refractivity contribution in [2.24, 2.45) is 0 Å². The van der Waals surface area contributed by atoms with Crippen LogP contribution in [0.4, 0.5) is 22.0 Å². The Kier molecular flexibility index (Phi) is 6.00. The first-order valence-corrected chi connectivity index (χ1v) is 8.80. The zero-order chi connectivity index (χ0) is 21.1. The van der Waals surface area contributed by atoms with Gasteiger partial charge in [-0.2, -0.15) is 13.2 Å². The Hall–Kier alpha value is -2.77. The third-order valence-electron chi connectivity index (χ3n) is 4.61. The molecule has 0 unspecified atom stereocenters. The molecule has 0 fully saturated rings. The van der Waals surface area contributed by atoms with Crippen molar-refractivity contribution in [1.82, 2.24) is 5.32 Å². The predicted octanol–water partition coefficient (Wildman–Crippen LogP) is 5.01. The predicted molar refractivity (Wildman–Crippen MR) is 98.9 cm³/mol. The first-order chi connectivity index (χ1) is 13.7. The molecule has 0 spiro atoms. The Labute approximate surface area is 164 Å². The summed E-state index contributed by atoms with van der Waals surface area (Å²) in [6.07, 6.45) is -4.45. The van der Waals surface area contributed by atoms with E-state index < -0.39 is 29.0 Å². The van der Waals surface area contributed by atoms with Crippen molar-refractivity contribution in [3.8, 4) is 0 Å². The lowest BCUT2D eigenvalue weighted by atomic mass is 9.86. The van der Waals surface area contributed by atoms with Gasteiger partial charge in [-0.15, -0.1) is 0 Å². The maximum absolute atomic E-state index is 13.3. The minimum atomic E-state index is -4.45. The van der Waals surface area contributed by atoms with Crippen LogP contribution in [-0.2, 0) is 18.3 Å². The normalized spacial score (nSPS) is 12.2. The number of hydrogen-bond donors (Lipinski definition) is 2. The van der Waals surface area contributed by atoms with Gasteiger partial charge in [0.05, 0.1) is 5.56 Å². The van der Waals surface area contributed by atoms with Gasteiger partial charge in [0, 0.05) is 13.1 Å². The average Bonchev–Trinajstić information content (AvgIpc) is 2.68. The zero-order valence-electron chi connectivity index (χ0n) is 15.2. The fourth-order valence-electron chi connectivity index (χ4n) is 3.07. The molecule has 0 aromatic heterocycles. The molecule has 0 aliphatic rings. The van der Waals surface area contributed by atoms with E-state index in [2.05, 4.69) is 5.32 Å². The molecule has 0 atom stereocenters. The van der Waals surface area contributed by atoms with Crippen molar-refractivity contribution in [3.63, 3.8) is 0 Å². The lowest BCUT2D eigenvalue weighted by Crippen LogP contribution is -2.39. The van der Waals surface area contributed by atoms with Crippen LogP contribution >= 0.6 is 0 Å². The summed E-state index contributed by atoms with van der Waals surface area (Å²) in [5, 5.41) is 14.3. The van der Waals surface area contributed by atoms with Crippen molar-refractivity contribution in [2.75, 3.05) is 6.54 Å². The maximum atomic E-state index is 13.3. The summed E-state index contributed by atoms with van der Waals surface area (Å²) in [5.41, 5.74) is -1.28. The molecule has 3 rings (SSSR count). The molecule has 0 radical (unpaired) electrons. The van der Waals surface area contributed by atoms with Crippen LogP contribution in [0.25, 0.3) is 0 Å². The van der Waals surface area contributed by atoms with Crippen molar-refractivity contribution in [3.05, 3.63) is 107 Å². The summed E-state index contributed by atoms with van der Waals surface area (Å²) < 4.78 is 65.2.